The molecule has 2 rings (SSSR count). The molecule has 1 N–H and O–H groups in total. The maximum absolute atomic E-state index is 11.9. The van der Waals surface area contributed by atoms with Crippen LogP contribution in [0.25, 0.3) is 0 Å². The molecule has 0 amide bonds. The van der Waals surface area contributed by atoms with Gasteiger partial charge < -0.3 is 15.0 Å². The molecule has 1 aliphatic heterocycles. The van der Waals surface area contributed by atoms with Crippen LogP contribution in [0.4, 0.5) is 0 Å². The van der Waals surface area contributed by atoms with Gasteiger partial charge in [0.25, 0.3) is 0 Å². The number of nitrogens with one attached hydrogen (secondary N) is 1. The molecule has 1 aliphatic rings. The van der Waals surface area contributed by atoms with E-state index in [-0.39, 0.29) is 17.8 Å². The topological polar surface area (TPSA) is 71.8 Å². The van der Waals surface area contributed by atoms with Crippen LogP contribution in [0, 0.1) is 11.8 Å². The molecule has 7 heteroatoms. The quantitative estimate of drug-likeness (QED) is 0.494. The Labute approximate surface area is 150 Å². The van der Waals surface area contributed by atoms with Gasteiger partial charge in [0.05, 0.1) is 18.7 Å². The normalized spacial score (nSPS) is 20.9. The summed E-state index contributed by atoms with van der Waals surface area (Å²) in [6.45, 7) is 8.50. The van der Waals surface area contributed by atoms with E-state index < -0.39 is 0 Å². The smallest absolute Gasteiger partial charge is 0.310 e. The highest BCUT2D eigenvalue weighted by molar-refractivity contribution is 5.82. The van der Waals surface area contributed by atoms with Gasteiger partial charge in [-0.1, -0.05) is 20.8 Å². The van der Waals surface area contributed by atoms with Gasteiger partial charge in [0.1, 0.15) is 0 Å². The van der Waals surface area contributed by atoms with Gasteiger partial charge in [-0.25, -0.2) is 0 Å². The average molecular weight is 349 g/mol. The number of hydrogen-bond acceptors (Lipinski definition) is 4. The molecule has 0 radical (unpaired) electrons. The second-order valence-corrected chi connectivity index (χ2v) is 6.62. The largest absolute Gasteiger partial charge is 0.469 e. The number of guanidine groups is 1. The number of ether oxygens (including phenoxy) is 1. The van der Waals surface area contributed by atoms with Crippen molar-refractivity contribution in [3.63, 3.8) is 0 Å². The van der Waals surface area contributed by atoms with Gasteiger partial charge in [0.2, 0.25) is 0 Å². The first-order chi connectivity index (χ1) is 12.0. The number of nitrogens with zero attached hydrogens (tertiary/aromatic N) is 4. The summed E-state index contributed by atoms with van der Waals surface area (Å²) in [5, 5.41) is 8.08. The van der Waals surface area contributed by atoms with E-state index in [0.717, 1.165) is 31.0 Å². The molecular formula is C18H31N5O2. The molecule has 0 aromatic carbocycles. The number of aliphatic imine (C=N–C) groups is 1. The molecule has 0 aliphatic carbocycles. The van der Waals surface area contributed by atoms with Crippen LogP contribution in [0.2, 0.25) is 0 Å². The predicted octanol–water partition coefficient (Wildman–Crippen LogP) is 1.36. The maximum atomic E-state index is 11.9. The van der Waals surface area contributed by atoms with Gasteiger partial charge in [0, 0.05) is 45.0 Å². The number of aryl methyl sites for hydroxylation is 2. The zero-order chi connectivity index (χ0) is 18.6. The monoisotopic (exact) mass is 349 g/mol. The van der Waals surface area contributed by atoms with E-state index in [2.05, 4.69) is 41.1 Å². The molecule has 0 bridgehead atoms. The predicted molar refractivity (Wildman–Crippen MR) is 98.4 cm³/mol. The molecule has 1 aromatic rings. The lowest BCUT2D eigenvalue weighted by Gasteiger charge is -2.21. The number of carbonyl (C=O) groups excluding carboxylic acids is 1. The van der Waals surface area contributed by atoms with Crippen molar-refractivity contribution < 1.29 is 9.53 Å². The molecule has 140 valence electrons. The van der Waals surface area contributed by atoms with E-state index >= 15 is 0 Å². The highest BCUT2D eigenvalue weighted by Crippen LogP contribution is 2.24. The summed E-state index contributed by atoms with van der Waals surface area (Å²) in [4.78, 5) is 18.5. The molecule has 0 saturated carbocycles. The van der Waals surface area contributed by atoms with E-state index in [0.29, 0.717) is 13.1 Å². The van der Waals surface area contributed by atoms with Crippen LogP contribution in [0.3, 0.4) is 0 Å². The minimum atomic E-state index is -0.140. The number of methoxy groups -OCH3 is 1. The number of carbonyl (C=O) groups is 1. The summed E-state index contributed by atoms with van der Waals surface area (Å²) < 4.78 is 6.90. The number of rotatable bonds is 5. The van der Waals surface area contributed by atoms with Crippen molar-refractivity contribution >= 4 is 11.9 Å². The summed E-state index contributed by atoms with van der Waals surface area (Å²) >= 11 is 0. The van der Waals surface area contributed by atoms with Crippen LogP contribution in [0.1, 0.15) is 37.7 Å². The Bertz CT molecular complexity index is 638. The summed E-state index contributed by atoms with van der Waals surface area (Å²) in [5.41, 5.74) is 3.64. The standard InChI is InChI=1S/C18H31N5O2/c1-7-15-13(16(8-2)22(5)21-15)9-20-18(19-4)23-10-12(3)14(11-23)17(24)25-6/h12,14H,7-11H2,1-6H3,(H,19,20). The van der Waals surface area contributed by atoms with Gasteiger partial charge in [0.15, 0.2) is 5.96 Å². The Kier molecular flexibility index (Phi) is 6.45. The molecule has 2 atom stereocenters. The molecule has 7 nitrogen and oxygen atoms in total. The lowest BCUT2D eigenvalue weighted by atomic mass is 9.99. The molecule has 2 heterocycles. The molecule has 1 fully saturated rings. The maximum Gasteiger partial charge on any atom is 0.310 e. The molecule has 25 heavy (non-hydrogen) atoms. The van der Waals surface area contributed by atoms with Crippen LogP contribution in [-0.2, 0) is 36.0 Å². The molecule has 1 aromatic heterocycles. The Balaban J connectivity index is 2.08. The van der Waals surface area contributed by atoms with E-state index in [4.69, 9.17) is 4.74 Å². The Morgan fingerprint density at radius 3 is 2.64 bits per heavy atom. The SMILES string of the molecule is CCc1nn(C)c(CC)c1CNC(=NC)N1CC(C)C(C(=O)OC)C1. The Hall–Kier alpha value is -2.05. The van der Waals surface area contributed by atoms with E-state index in [9.17, 15) is 4.79 Å². The van der Waals surface area contributed by atoms with Crippen LogP contribution >= 0.6 is 0 Å². The summed E-state index contributed by atoms with van der Waals surface area (Å²) in [6, 6.07) is 0. The third kappa shape index (κ3) is 3.96. The Morgan fingerprint density at radius 2 is 2.08 bits per heavy atom. The van der Waals surface area contributed by atoms with E-state index in [1.807, 2.05) is 11.7 Å². The van der Waals surface area contributed by atoms with Crippen LogP contribution in [-0.4, -0.2) is 53.9 Å². The second-order valence-electron chi connectivity index (χ2n) is 6.62. The Morgan fingerprint density at radius 1 is 1.36 bits per heavy atom. The summed E-state index contributed by atoms with van der Waals surface area (Å²) in [5.74, 6) is 0.839. The number of esters is 1. The van der Waals surface area contributed by atoms with Crippen molar-refractivity contribution in [3.8, 4) is 0 Å². The van der Waals surface area contributed by atoms with Crippen LogP contribution in [0.15, 0.2) is 4.99 Å². The van der Waals surface area contributed by atoms with Crippen molar-refractivity contribution in [2.45, 2.75) is 40.2 Å². The minimum Gasteiger partial charge on any atom is -0.469 e. The van der Waals surface area contributed by atoms with Gasteiger partial charge in [-0.05, 0) is 18.8 Å². The van der Waals surface area contributed by atoms with Crippen molar-refractivity contribution in [1.82, 2.24) is 20.0 Å². The van der Waals surface area contributed by atoms with Crippen molar-refractivity contribution in [2.24, 2.45) is 23.9 Å². The van der Waals surface area contributed by atoms with Crippen molar-refractivity contribution in [1.29, 1.82) is 0 Å². The fraction of sp³-hybridized carbons (Fsp3) is 0.722. The first-order valence-electron chi connectivity index (χ1n) is 9.03. The third-order valence-corrected chi connectivity index (χ3v) is 5.08. The zero-order valence-electron chi connectivity index (χ0n) is 16.3. The average Bonchev–Trinajstić information content (AvgIpc) is 3.14. The van der Waals surface area contributed by atoms with Crippen molar-refractivity contribution in [3.05, 3.63) is 17.0 Å². The van der Waals surface area contributed by atoms with E-state index in [1.54, 1.807) is 7.05 Å². The second kappa shape index (κ2) is 8.36. The molecular weight excluding hydrogens is 318 g/mol. The van der Waals surface area contributed by atoms with Gasteiger partial charge in [-0.15, -0.1) is 0 Å². The zero-order valence-corrected chi connectivity index (χ0v) is 16.3. The molecule has 1 saturated heterocycles. The third-order valence-electron chi connectivity index (χ3n) is 5.08. The van der Waals surface area contributed by atoms with Crippen LogP contribution < -0.4 is 5.32 Å². The lowest BCUT2D eigenvalue weighted by Crippen LogP contribution is -2.40. The molecule has 0 spiro atoms. The molecule has 2 unspecified atom stereocenters. The van der Waals surface area contributed by atoms with Crippen LogP contribution in [0.5, 0.6) is 0 Å². The first kappa shape index (κ1) is 19.3. The number of aromatic nitrogens is 2. The first-order valence-corrected chi connectivity index (χ1v) is 9.03. The summed E-state index contributed by atoms with van der Waals surface area (Å²) in [7, 11) is 5.23. The summed E-state index contributed by atoms with van der Waals surface area (Å²) in [6.07, 6.45) is 1.86. The van der Waals surface area contributed by atoms with Gasteiger partial charge in [-0.3, -0.25) is 14.5 Å². The minimum absolute atomic E-state index is 0.0978. The van der Waals surface area contributed by atoms with Gasteiger partial charge >= 0.3 is 5.97 Å². The lowest BCUT2D eigenvalue weighted by molar-refractivity contribution is -0.145. The highest BCUT2D eigenvalue weighted by atomic mass is 16.5. The van der Waals surface area contributed by atoms with Gasteiger partial charge in [-0.2, -0.15) is 5.10 Å². The fourth-order valence-corrected chi connectivity index (χ4v) is 3.69. The fourth-order valence-electron chi connectivity index (χ4n) is 3.69. The number of hydrogen-bond donors (Lipinski definition) is 1. The highest BCUT2D eigenvalue weighted by Gasteiger charge is 2.36. The number of likely N-dealkylation sites (tertiary alicyclic amines) is 1. The van der Waals surface area contributed by atoms with E-state index in [1.165, 1.54) is 18.4 Å². The van der Waals surface area contributed by atoms with Crippen molar-refractivity contribution in [2.75, 3.05) is 27.2 Å².